The fourth-order valence-corrected chi connectivity index (χ4v) is 3.22. The average Bonchev–Trinajstić information content (AvgIpc) is 2.65. The average molecular weight is 375 g/mol. The minimum absolute atomic E-state index is 0.0801. The molecule has 0 fully saturated rings. The summed E-state index contributed by atoms with van der Waals surface area (Å²) in [6.45, 7) is 2.18. The molecule has 0 heterocycles. The van der Waals surface area contributed by atoms with Crippen LogP contribution in [0.2, 0.25) is 0 Å². The van der Waals surface area contributed by atoms with Crippen molar-refractivity contribution in [2.45, 2.75) is 18.4 Å². The molecule has 0 unspecified atom stereocenters. The van der Waals surface area contributed by atoms with Gasteiger partial charge in [-0.15, -0.1) is 0 Å². The van der Waals surface area contributed by atoms with Crippen LogP contribution in [-0.4, -0.2) is 33.3 Å². The molecule has 0 radical (unpaired) electrons. The van der Waals surface area contributed by atoms with E-state index in [0.29, 0.717) is 6.54 Å². The van der Waals surface area contributed by atoms with E-state index in [4.69, 9.17) is 0 Å². The lowest BCUT2D eigenvalue weighted by atomic mass is 10.2. The van der Waals surface area contributed by atoms with Gasteiger partial charge < -0.3 is 10.6 Å². The summed E-state index contributed by atoms with van der Waals surface area (Å²) >= 11 is 0. The van der Waals surface area contributed by atoms with Crippen molar-refractivity contribution in [2.24, 2.45) is 0 Å². The SMILES string of the molecule is CCNS(=O)(=O)c1ccc(C(=O)NCC(=O)NCc2ccccc2)cc1. The van der Waals surface area contributed by atoms with E-state index in [9.17, 15) is 18.0 Å². The van der Waals surface area contributed by atoms with E-state index in [-0.39, 0.29) is 29.5 Å². The van der Waals surface area contributed by atoms with Crippen molar-refractivity contribution in [1.82, 2.24) is 15.4 Å². The second-order valence-electron chi connectivity index (χ2n) is 5.47. The molecule has 0 saturated carbocycles. The van der Waals surface area contributed by atoms with Gasteiger partial charge in [0, 0.05) is 18.7 Å². The summed E-state index contributed by atoms with van der Waals surface area (Å²) in [4.78, 5) is 23.9. The van der Waals surface area contributed by atoms with Crippen LogP contribution in [0.3, 0.4) is 0 Å². The molecule has 2 aromatic carbocycles. The smallest absolute Gasteiger partial charge is 0.251 e. The van der Waals surface area contributed by atoms with E-state index in [1.54, 1.807) is 6.92 Å². The van der Waals surface area contributed by atoms with Crippen molar-refractivity contribution >= 4 is 21.8 Å². The number of hydrogen-bond donors (Lipinski definition) is 3. The molecule has 0 atom stereocenters. The highest BCUT2D eigenvalue weighted by atomic mass is 32.2. The predicted molar refractivity (Wildman–Crippen MR) is 97.9 cm³/mol. The van der Waals surface area contributed by atoms with Gasteiger partial charge in [-0.2, -0.15) is 0 Å². The molecule has 2 aromatic rings. The lowest BCUT2D eigenvalue weighted by Crippen LogP contribution is -2.36. The minimum atomic E-state index is -3.56. The van der Waals surface area contributed by atoms with E-state index < -0.39 is 15.9 Å². The third-order valence-electron chi connectivity index (χ3n) is 3.50. The van der Waals surface area contributed by atoms with Gasteiger partial charge in [0.05, 0.1) is 11.4 Å². The van der Waals surface area contributed by atoms with Crippen molar-refractivity contribution in [2.75, 3.05) is 13.1 Å². The zero-order valence-electron chi connectivity index (χ0n) is 14.4. The van der Waals surface area contributed by atoms with E-state index in [1.807, 2.05) is 30.3 Å². The highest BCUT2D eigenvalue weighted by Crippen LogP contribution is 2.10. The van der Waals surface area contributed by atoms with Gasteiger partial charge >= 0.3 is 0 Å². The lowest BCUT2D eigenvalue weighted by molar-refractivity contribution is -0.120. The summed E-state index contributed by atoms with van der Waals surface area (Å²) in [7, 11) is -3.56. The molecule has 0 aliphatic carbocycles. The van der Waals surface area contributed by atoms with Gasteiger partial charge in [-0.25, -0.2) is 13.1 Å². The molecular weight excluding hydrogens is 354 g/mol. The first kappa shape index (κ1) is 19.6. The Bertz CT molecular complexity index is 850. The summed E-state index contributed by atoms with van der Waals surface area (Å²) in [5.41, 5.74) is 1.24. The maximum absolute atomic E-state index is 12.1. The standard InChI is InChI=1S/C18H21N3O4S/c1-2-21-26(24,25)16-10-8-15(9-11-16)18(23)20-13-17(22)19-12-14-6-4-3-5-7-14/h3-11,21H,2,12-13H2,1H3,(H,19,22)(H,20,23). The Morgan fingerprint density at radius 1 is 0.923 bits per heavy atom. The number of nitrogens with one attached hydrogen (secondary N) is 3. The first-order valence-electron chi connectivity index (χ1n) is 8.11. The molecule has 0 saturated heterocycles. The Balaban J connectivity index is 1.85. The zero-order chi connectivity index (χ0) is 19.0. The number of carbonyl (C=O) groups is 2. The Labute approximate surface area is 152 Å². The second-order valence-corrected chi connectivity index (χ2v) is 7.24. The monoisotopic (exact) mass is 375 g/mol. The highest BCUT2D eigenvalue weighted by Gasteiger charge is 2.14. The third-order valence-corrected chi connectivity index (χ3v) is 5.06. The molecule has 0 aromatic heterocycles. The van der Waals surface area contributed by atoms with Crippen LogP contribution in [0.1, 0.15) is 22.8 Å². The Hall–Kier alpha value is -2.71. The predicted octanol–water partition coefficient (Wildman–Crippen LogP) is 1.03. The van der Waals surface area contributed by atoms with Crippen LogP contribution >= 0.6 is 0 Å². The zero-order valence-corrected chi connectivity index (χ0v) is 15.2. The second kappa shape index (κ2) is 9.12. The molecule has 3 N–H and O–H groups in total. The fourth-order valence-electron chi connectivity index (χ4n) is 2.18. The largest absolute Gasteiger partial charge is 0.350 e. The van der Waals surface area contributed by atoms with Crippen molar-refractivity contribution in [3.05, 3.63) is 65.7 Å². The molecular formula is C18H21N3O4S. The number of benzene rings is 2. The van der Waals surface area contributed by atoms with E-state index >= 15 is 0 Å². The topological polar surface area (TPSA) is 104 Å². The van der Waals surface area contributed by atoms with Gasteiger partial charge in [0.25, 0.3) is 5.91 Å². The number of amides is 2. The summed E-state index contributed by atoms with van der Waals surface area (Å²) in [6, 6.07) is 14.9. The molecule has 0 spiro atoms. The summed E-state index contributed by atoms with van der Waals surface area (Å²) in [5, 5.41) is 5.21. The molecule has 2 rings (SSSR count). The normalized spacial score (nSPS) is 11.0. The quantitative estimate of drug-likeness (QED) is 0.641. The van der Waals surface area contributed by atoms with Gasteiger partial charge in [0.15, 0.2) is 0 Å². The molecule has 8 heteroatoms. The summed E-state index contributed by atoms with van der Waals surface area (Å²) in [6.07, 6.45) is 0. The van der Waals surface area contributed by atoms with Crippen LogP contribution < -0.4 is 15.4 Å². The van der Waals surface area contributed by atoms with Crippen LogP contribution in [0.4, 0.5) is 0 Å². The minimum Gasteiger partial charge on any atom is -0.350 e. The molecule has 2 amide bonds. The number of rotatable bonds is 8. The van der Waals surface area contributed by atoms with Gasteiger partial charge in [0.2, 0.25) is 15.9 Å². The van der Waals surface area contributed by atoms with Gasteiger partial charge in [-0.1, -0.05) is 37.3 Å². The van der Waals surface area contributed by atoms with Gasteiger partial charge in [0.1, 0.15) is 0 Å². The lowest BCUT2D eigenvalue weighted by Gasteiger charge is -2.08. The Morgan fingerprint density at radius 3 is 2.19 bits per heavy atom. The van der Waals surface area contributed by atoms with Crippen molar-refractivity contribution in [3.8, 4) is 0 Å². The maximum Gasteiger partial charge on any atom is 0.251 e. The maximum atomic E-state index is 12.1. The van der Waals surface area contributed by atoms with Crippen molar-refractivity contribution < 1.29 is 18.0 Å². The van der Waals surface area contributed by atoms with Crippen LogP contribution in [0.25, 0.3) is 0 Å². The van der Waals surface area contributed by atoms with E-state index in [0.717, 1.165) is 5.56 Å². The fraction of sp³-hybridized carbons (Fsp3) is 0.222. The van der Waals surface area contributed by atoms with Gasteiger partial charge in [-0.3, -0.25) is 9.59 Å². The molecule has 138 valence electrons. The van der Waals surface area contributed by atoms with E-state index in [2.05, 4.69) is 15.4 Å². The Kier molecular flexibility index (Phi) is 6.88. The highest BCUT2D eigenvalue weighted by molar-refractivity contribution is 7.89. The van der Waals surface area contributed by atoms with Crippen LogP contribution in [0, 0.1) is 0 Å². The third kappa shape index (κ3) is 5.68. The number of hydrogen-bond acceptors (Lipinski definition) is 4. The molecule has 0 aliphatic rings. The number of sulfonamides is 1. The van der Waals surface area contributed by atoms with Crippen molar-refractivity contribution in [3.63, 3.8) is 0 Å². The first-order valence-corrected chi connectivity index (χ1v) is 9.59. The molecule has 7 nitrogen and oxygen atoms in total. The van der Waals surface area contributed by atoms with Crippen LogP contribution in [0.5, 0.6) is 0 Å². The van der Waals surface area contributed by atoms with Crippen LogP contribution in [-0.2, 0) is 21.4 Å². The van der Waals surface area contributed by atoms with Crippen LogP contribution in [0.15, 0.2) is 59.5 Å². The molecule has 0 bridgehead atoms. The summed E-state index contributed by atoms with van der Waals surface area (Å²) in [5.74, 6) is -0.763. The van der Waals surface area contributed by atoms with Crippen molar-refractivity contribution in [1.29, 1.82) is 0 Å². The molecule has 0 aliphatic heterocycles. The first-order chi connectivity index (χ1) is 12.4. The number of carbonyl (C=O) groups excluding carboxylic acids is 2. The Morgan fingerprint density at radius 2 is 1.58 bits per heavy atom. The van der Waals surface area contributed by atoms with E-state index in [1.165, 1.54) is 24.3 Å². The summed E-state index contributed by atoms with van der Waals surface area (Å²) < 4.78 is 26.1. The molecule has 26 heavy (non-hydrogen) atoms. The van der Waals surface area contributed by atoms with Gasteiger partial charge in [-0.05, 0) is 29.8 Å².